The van der Waals surface area contributed by atoms with Gasteiger partial charge in [-0.05, 0) is 49.7 Å². The second-order valence-corrected chi connectivity index (χ2v) is 9.97. The standard InChI is InChI=1S/C27H26ClF6N3O3/c1-25(2,15-8-16(26(29,30)31)10-17(9-15)27(32,33)34)24(40)37(3)22-13-36-23(35-12-18(39)14-38)11-20(22)19-6-4-5-7-21(19)28/h4-11,13,18,38-39H,12,14H2,1-3H3,(H,35,36). The number of hydrogen-bond donors (Lipinski definition) is 3. The second kappa shape index (κ2) is 11.6. The van der Waals surface area contributed by atoms with Crippen molar-refractivity contribution in [3.8, 4) is 11.1 Å². The summed E-state index contributed by atoms with van der Waals surface area (Å²) in [5.74, 6) is -0.564. The molecule has 0 aliphatic rings. The van der Waals surface area contributed by atoms with Crippen molar-refractivity contribution < 1.29 is 41.4 Å². The van der Waals surface area contributed by atoms with Gasteiger partial charge in [0.05, 0.1) is 41.1 Å². The van der Waals surface area contributed by atoms with Crippen LogP contribution in [0, 0.1) is 0 Å². The highest BCUT2D eigenvalue weighted by Crippen LogP contribution is 2.41. The average Bonchev–Trinajstić information content (AvgIpc) is 2.89. The zero-order chi connectivity index (χ0) is 30.0. The quantitative estimate of drug-likeness (QED) is 0.275. The van der Waals surface area contributed by atoms with E-state index in [-0.39, 0.29) is 24.1 Å². The first-order valence-corrected chi connectivity index (χ1v) is 12.2. The van der Waals surface area contributed by atoms with Crippen molar-refractivity contribution in [1.29, 1.82) is 0 Å². The third-order valence-electron chi connectivity index (χ3n) is 6.29. The number of anilines is 2. The third kappa shape index (κ3) is 6.86. The highest BCUT2D eigenvalue weighted by atomic mass is 35.5. The van der Waals surface area contributed by atoms with Crippen molar-refractivity contribution in [2.45, 2.75) is 37.7 Å². The van der Waals surface area contributed by atoms with Gasteiger partial charge in [-0.1, -0.05) is 29.8 Å². The maximum Gasteiger partial charge on any atom is 0.416 e. The molecule has 0 saturated carbocycles. The Hall–Kier alpha value is -3.35. The van der Waals surface area contributed by atoms with Crippen molar-refractivity contribution in [1.82, 2.24) is 4.98 Å². The molecule has 1 heterocycles. The number of aromatic nitrogens is 1. The molecule has 40 heavy (non-hydrogen) atoms. The molecule has 0 aliphatic heterocycles. The molecule has 2 aromatic carbocycles. The molecule has 6 nitrogen and oxygen atoms in total. The molecule has 0 radical (unpaired) electrons. The van der Waals surface area contributed by atoms with Gasteiger partial charge < -0.3 is 20.4 Å². The van der Waals surface area contributed by atoms with Gasteiger partial charge >= 0.3 is 12.4 Å². The van der Waals surface area contributed by atoms with Crippen molar-refractivity contribution in [2.24, 2.45) is 0 Å². The Labute approximate surface area is 231 Å². The Bertz CT molecular complexity index is 1350. The largest absolute Gasteiger partial charge is 0.416 e. The molecule has 3 aromatic rings. The minimum Gasteiger partial charge on any atom is -0.394 e. The summed E-state index contributed by atoms with van der Waals surface area (Å²) in [6.45, 7) is 1.91. The van der Waals surface area contributed by atoms with E-state index in [1.165, 1.54) is 33.2 Å². The summed E-state index contributed by atoms with van der Waals surface area (Å²) in [5.41, 5.74) is -4.37. The highest BCUT2D eigenvalue weighted by Gasteiger charge is 2.41. The van der Waals surface area contributed by atoms with Crippen molar-refractivity contribution in [3.05, 3.63) is 76.4 Å². The number of hydrogen-bond acceptors (Lipinski definition) is 5. The van der Waals surface area contributed by atoms with Crippen LogP contribution in [0.5, 0.6) is 0 Å². The Morgan fingerprint density at radius 1 is 0.975 bits per heavy atom. The lowest BCUT2D eigenvalue weighted by atomic mass is 9.81. The lowest BCUT2D eigenvalue weighted by molar-refractivity contribution is -0.143. The molecule has 216 valence electrons. The summed E-state index contributed by atoms with van der Waals surface area (Å²) in [6.07, 6.45) is -9.94. The third-order valence-corrected chi connectivity index (χ3v) is 6.62. The van der Waals surface area contributed by atoms with Gasteiger partial charge in [0.25, 0.3) is 0 Å². The molecule has 3 rings (SSSR count). The van der Waals surface area contributed by atoms with Crippen molar-refractivity contribution in [3.63, 3.8) is 0 Å². The topological polar surface area (TPSA) is 85.7 Å². The number of pyridine rings is 1. The summed E-state index contributed by atoms with van der Waals surface area (Å²) in [5, 5.41) is 21.8. The lowest BCUT2D eigenvalue weighted by Crippen LogP contribution is -2.42. The molecule has 1 atom stereocenters. The Morgan fingerprint density at radius 2 is 1.52 bits per heavy atom. The van der Waals surface area contributed by atoms with E-state index < -0.39 is 53.1 Å². The molecular formula is C27H26ClF6N3O3. The van der Waals surface area contributed by atoms with Crippen LogP contribution in [0.3, 0.4) is 0 Å². The van der Waals surface area contributed by atoms with Crippen LogP contribution < -0.4 is 10.2 Å². The maximum atomic E-state index is 13.7. The predicted molar refractivity (Wildman–Crippen MR) is 139 cm³/mol. The van der Waals surface area contributed by atoms with Gasteiger partial charge in [-0.25, -0.2) is 4.98 Å². The van der Waals surface area contributed by atoms with Crippen LogP contribution in [0.15, 0.2) is 54.7 Å². The molecule has 3 N–H and O–H groups in total. The average molecular weight is 590 g/mol. The number of halogens is 7. The zero-order valence-corrected chi connectivity index (χ0v) is 22.3. The molecule has 0 fully saturated rings. The number of nitrogens with one attached hydrogen (secondary N) is 1. The van der Waals surface area contributed by atoms with E-state index in [9.17, 15) is 36.2 Å². The predicted octanol–water partition coefficient (Wildman–Crippen LogP) is 6.15. The van der Waals surface area contributed by atoms with Gasteiger partial charge in [0.15, 0.2) is 0 Å². The minimum atomic E-state index is -5.07. The van der Waals surface area contributed by atoms with Gasteiger partial charge in [0.1, 0.15) is 5.82 Å². The van der Waals surface area contributed by atoms with Gasteiger partial charge in [-0.3, -0.25) is 4.79 Å². The molecule has 0 spiro atoms. The van der Waals surface area contributed by atoms with Crippen LogP contribution in [0.4, 0.5) is 37.8 Å². The highest BCUT2D eigenvalue weighted by molar-refractivity contribution is 6.33. The smallest absolute Gasteiger partial charge is 0.394 e. The van der Waals surface area contributed by atoms with E-state index in [1.807, 2.05) is 0 Å². The number of alkyl halides is 6. The van der Waals surface area contributed by atoms with Gasteiger partial charge in [-0.2, -0.15) is 26.3 Å². The Morgan fingerprint density at radius 3 is 2.05 bits per heavy atom. The van der Waals surface area contributed by atoms with E-state index in [1.54, 1.807) is 24.3 Å². The number of aliphatic hydroxyl groups is 2. The number of carbonyl (C=O) groups excluding carboxylic acids is 1. The first-order chi connectivity index (χ1) is 18.5. The fraction of sp³-hybridized carbons (Fsp3) is 0.333. The molecule has 1 amide bonds. The number of rotatable bonds is 8. The van der Waals surface area contributed by atoms with Crippen LogP contribution >= 0.6 is 11.6 Å². The first-order valence-electron chi connectivity index (χ1n) is 11.8. The molecule has 1 unspecified atom stereocenters. The number of benzene rings is 2. The fourth-order valence-electron chi connectivity index (χ4n) is 3.96. The molecule has 1 aromatic heterocycles. The Balaban J connectivity index is 2.11. The van der Waals surface area contributed by atoms with Gasteiger partial charge in [0.2, 0.25) is 5.91 Å². The maximum absolute atomic E-state index is 13.7. The molecule has 0 saturated heterocycles. The van der Waals surface area contributed by atoms with E-state index in [2.05, 4.69) is 10.3 Å². The number of amides is 1. The summed E-state index contributed by atoms with van der Waals surface area (Å²) in [7, 11) is 1.32. The van der Waals surface area contributed by atoms with Crippen LogP contribution in [0.1, 0.15) is 30.5 Å². The molecule has 13 heteroatoms. The molecular weight excluding hydrogens is 564 g/mol. The van der Waals surface area contributed by atoms with Gasteiger partial charge in [-0.15, -0.1) is 0 Å². The summed E-state index contributed by atoms with van der Waals surface area (Å²) >= 11 is 6.39. The SMILES string of the molecule is CN(C(=O)C(C)(C)c1cc(C(F)(F)F)cc(C(F)(F)F)c1)c1cnc(NCC(O)CO)cc1-c1ccccc1Cl. The zero-order valence-electron chi connectivity index (χ0n) is 21.5. The summed E-state index contributed by atoms with van der Waals surface area (Å²) in [4.78, 5) is 19.0. The fourth-order valence-corrected chi connectivity index (χ4v) is 4.20. The van der Waals surface area contributed by atoms with Crippen molar-refractivity contribution in [2.75, 3.05) is 30.4 Å². The van der Waals surface area contributed by atoms with E-state index in [0.29, 0.717) is 28.3 Å². The van der Waals surface area contributed by atoms with Crippen LogP contribution in [0.2, 0.25) is 5.02 Å². The number of likely N-dealkylation sites (N-methyl/N-ethyl adjacent to an activating group) is 1. The second-order valence-electron chi connectivity index (χ2n) is 9.57. The monoisotopic (exact) mass is 589 g/mol. The van der Waals surface area contributed by atoms with Gasteiger partial charge in [0, 0.05) is 29.7 Å². The number of nitrogens with zero attached hydrogens (tertiary/aromatic N) is 2. The van der Waals surface area contributed by atoms with E-state index >= 15 is 0 Å². The van der Waals surface area contributed by atoms with E-state index in [4.69, 9.17) is 16.7 Å². The van der Waals surface area contributed by atoms with Crippen LogP contribution in [-0.4, -0.2) is 47.4 Å². The van der Waals surface area contributed by atoms with E-state index in [0.717, 1.165) is 4.90 Å². The van der Waals surface area contributed by atoms with Crippen LogP contribution in [-0.2, 0) is 22.6 Å². The van der Waals surface area contributed by atoms with Crippen molar-refractivity contribution >= 4 is 29.0 Å². The lowest BCUT2D eigenvalue weighted by Gasteiger charge is -2.32. The molecule has 0 bridgehead atoms. The summed E-state index contributed by atoms with van der Waals surface area (Å²) in [6, 6.07) is 9.20. The minimum absolute atomic E-state index is 0.00660. The Kier molecular flexibility index (Phi) is 9.07. The number of aliphatic hydroxyl groups excluding tert-OH is 2. The first kappa shape index (κ1) is 31.2. The number of carbonyl (C=O) groups is 1. The normalized spacial score (nSPS) is 13.2. The van der Waals surface area contributed by atoms with Crippen LogP contribution in [0.25, 0.3) is 11.1 Å². The summed E-state index contributed by atoms with van der Waals surface area (Å²) < 4.78 is 80.9. The molecule has 0 aliphatic carbocycles.